The molecule has 1 aromatic carbocycles. The number of rotatable bonds is 4. The fraction of sp³-hybridized carbons (Fsp3) is 0.500. The van der Waals surface area contributed by atoms with Gasteiger partial charge < -0.3 is 10.6 Å². The zero-order valence-electron chi connectivity index (χ0n) is 10.4. The lowest BCUT2D eigenvalue weighted by atomic mass is 10.1. The molecule has 0 atom stereocenters. The van der Waals surface area contributed by atoms with Crippen LogP contribution in [0.5, 0.6) is 0 Å². The highest BCUT2D eigenvalue weighted by Gasteiger charge is 2.11. The number of hydrogen-bond acceptors (Lipinski definition) is 1. The summed E-state index contributed by atoms with van der Waals surface area (Å²) in [6.45, 7) is 2.85. The summed E-state index contributed by atoms with van der Waals surface area (Å²) in [5, 5.41) is 5.73. The lowest BCUT2D eigenvalue weighted by Crippen LogP contribution is -2.29. The topological polar surface area (TPSA) is 41.1 Å². The highest BCUT2D eigenvalue weighted by atomic mass is 16.2. The SMILES string of the molecule is CCCCNC(=O)Nc1ccc2c(c1)CCC2. The number of anilines is 1. The minimum Gasteiger partial charge on any atom is -0.338 e. The Labute approximate surface area is 103 Å². The number of carbonyl (C=O) groups is 1. The number of hydrogen-bond donors (Lipinski definition) is 2. The first-order chi connectivity index (χ1) is 8.29. The van der Waals surface area contributed by atoms with Crippen LogP contribution in [0.3, 0.4) is 0 Å². The standard InChI is InChI=1S/C14H20N2O/c1-2-3-9-15-14(17)16-13-8-7-11-5-4-6-12(11)10-13/h7-8,10H,2-6,9H2,1H3,(H2,15,16,17). The molecule has 0 bridgehead atoms. The molecule has 1 aliphatic rings. The van der Waals surface area contributed by atoms with Crippen LogP contribution >= 0.6 is 0 Å². The second-order valence-electron chi connectivity index (χ2n) is 4.57. The number of urea groups is 1. The monoisotopic (exact) mass is 232 g/mol. The molecule has 1 aromatic rings. The van der Waals surface area contributed by atoms with Gasteiger partial charge in [-0.2, -0.15) is 0 Å². The van der Waals surface area contributed by atoms with Crippen LogP contribution in [-0.4, -0.2) is 12.6 Å². The van der Waals surface area contributed by atoms with Crippen molar-refractivity contribution < 1.29 is 4.79 Å². The summed E-state index contributed by atoms with van der Waals surface area (Å²) in [5.74, 6) is 0. The van der Waals surface area contributed by atoms with Gasteiger partial charge in [0.05, 0.1) is 0 Å². The number of nitrogens with one attached hydrogen (secondary N) is 2. The van der Waals surface area contributed by atoms with E-state index >= 15 is 0 Å². The first kappa shape index (κ1) is 12.0. The summed E-state index contributed by atoms with van der Waals surface area (Å²) in [4.78, 5) is 11.6. The molecule has 17 heavy (non-hydrogen) atoms. The van der Waals surface area contributed by atoms with Crippen LogP contribution in [0.15, 0.2) is 18.2 Å². The van der Waals surface area contributed by atoms with Gasteiger partial charge in [0, 0.05) is 12.2 Å². The fourth-order valence-corrected chi connectivity index (χ4v) is 2.20. The predicted octanol–water partition coefficient (Wildman–Crippen LogP) is 3.10. The number of amides is 2. The second-order valence-corrected chi connectivity index (χ2v) is 4.57. The van der Waals surface area contributed by atoms with Crippen molar-refractivity contribution in [2.75, 3.05) is 11.9 Å². The average Bonchev–Trinajstić information content (AvgIpc) is 2.76. The van der Waals surface area contributed by atoms with Gasteiger partial charge in [-0.05, 0) is 48.9 Å². The summed E-state index contributed by atoms with van der Waals surface area (Å²) >= 11 is 0. The Bertz CT molecular complexity index is 401. The number of carbonyl (C=O) groups excluding carboxylic acids is 1. The summed E-state index contributed by atoms with van der Waals surface area (Å²) in [7, 11) is 0. The zero-order chi connectivity index (χ0) is 12.1. The van der Waals surface area contributed by atoms with Crippen molar-refractivity contribution in [3.63, 3.8) is 0 Å². The predicted molar refractivity (Wildman–Crippen MR) is 70.4 cm³/mol. The molecule has 0 saturated carbocycles. The fourth-order valence-electron chi connectivity index (χ4n) is 2.20. The Morgan fingerprint density at radius 3 is 2.94 bits per heavy atom. The number of fused-ring (bicyclic) bond motifs is 1. The molecule has 0 spiro atoms. The summed E-state index contributed by atoms with van der Waals surface area (Å²) < 4.78 is 0. The minimum absolute atomic E-state index is 0.101. The second kappa shape index (κ2) is 5.71. The zero-order valence-corrected chi connectivity index (χ0v) is 10.4. The third kappa shape index (κ3) is 3.22. The van der Waals surface area contributed by atoms with Crippen LogP contribution in [0.4, 0.5) is 10.5 Å². The van der Waals surface area contributed by atoms with Crippen molar-refractivity contribution in [2.24, 2.45) is 0 Å². The maximum Gasteiger partial charge on any atom is 0.319 e. The Hall–Kier alpha value is -1.51. The Balaban J connectivity index is 1.88. The Morgan fingerprint density at radius 2 is 2.12 bits per heavy atom. The van der Waals surface area contributed by atoms with E-state index in [4.69, 9.17) is 0 Å². The summed E-state index contributed by atoms with van der Waals surface area (Å²) in [6.07, 6.45) is 5.68. The van der Waals surface area contributed by atoms with E-state index in [1.165, 1.54) is 24.0 Å². The van der Waals surface area contributed by atoms with Crippen molar-refractivity contribution in [1.82, 2.24) is 5.32 Å². The van der Waals surface area contributed by atoms with Crippen molar-refractivity contribution >= 4 is 11.7 Å². The van der Waals surface area contributed by atoms with E-state index in [-0.39, 0.29) is 6.03 Å². The quantitative estimate of drug-likeness (QED) is 0.769. The van der Waals surface area contributed by atoms with Crippen LogP contribution in [0.2, 0.25) is 0 Å². The molecule has 0 saturated heterocycles. The molecular formula is C14H20N2O. The lowest BCUT2D eigenvalue weighted by Gasteiger charge is -2.08. The van der Waals surface area contributed by atoms with Gasteiger partial charge in [-0.15, -0.1) is 0 Å². The lowest BCUT2D eigenvalue weighted by molar-refractivity contribution is 0.252. The van der Waals surface area contributed by atoms with E-state index in [1.807, 2.05) is 6.07 Å². The molecule has 0 radical (unpaired) electrons. The normalized spacial score (nSPS) is 13.2. The number of benzene rings is 1. The molecule has 92 valence electrons. The molecule has 2 rings (SSSR count). The van der Waals surface area contributed by atoms with Crippen molar-refractivity contribution in [3.8, 4) is 0 Å². The molecule has 0 heterocycles. The first-order valence-corrected chi connectivity index (χ1v) is 6.46. The van der Waals surface area contributed by atoms with Gasteiger partial charge in [0.2, 0.25) is 0 Å². The molecule has 0 aromatic heterocycles. The van der Waals surface area contributed by atoms with Crippen LogP contribution in [0, 0.1) is 0 Å². The van der Waals surface area contributed by atoms with E-state index in [1.54, 1.807) is 0 Å². The summed E-state index contributed by atoms with van der Waals surface area (Å²) in [5.41, 5.74) is 3.72. The van der Waals surface area contributed by atoms with Gasteiger partial charge in [-0.1, -0.05) is 19.4 Å². The number of unbranched alkanes of at least 4 members (excludes halogenated alkanes) is 1. The Morgan fingerprint density at radius 1 is 1.29 bits per heavy atom. The molecule has 1 aliphatic carbocycles. The van der Waals surface area contributed by atoms with Gasteiger partial charge in [0.25, 0.3) is 0 Å². The van der Waals surface area contributed by atoms with E-state index in [0.29, 0.717) is 0 Å². The third-order valence-electron chi connectivity index (χ3n) is 3.17. The largest absolute Gasteiger partial charge is 0.338 e. The first-order valence-electron chi connectivity index (χ1n) is 6.46. The average molecular weight is 232 g/mol. The van der Waals surface area contributed by atoms with Gasteiger partial charge in [0.1, 0.15) is 0 Å². The highest BCUT2D eigenvalue weighted by molar-refractivity contribution is 5.89. The molecule has 2 amide bonds. The molecule has 2 N–H and O–H groups in total. The molecule has 0 aliphatic heterocycles. The molecule has 0 unspecified atom stereocenters. The van der Waals surface area contributed by atoms with E-state index < -0.39 is 0 Å². The van der Waals surface area contributed by atoms with E-state index in [2.05, 4.69) is 29.7 Å². The third-order valence-corrected chi connectivity index (χ3v) is 3.17. The molecule has 3 heteroatoms. The van der Waals surface area contributed by atoms with Crippen LogP contribution in [-0.2, 0) is 12.8 Å². The van der Waals surface area contributed by atoms with Crippen LogP contribution < -0.4 is 10.6 Å². The van der Waals surface area contributed by atoms with Crippen LogP contribution in [0.25, 0.3) is 0 Å². The van der Waals surface area contributed by atoms with Crippen molar-refractivity contribution in [1.29, 1.82) is 0 Å². The van der Waals surface area contributed by atoms with E-state index in [9.17, 15) is 4.79 Å². The summed E-state index contributed by atoms with van der Waals surface area (Å²) in [6, 6.07) is 6.12. The van der Waals surface area contributed by atoms with Gasteiger partial charge in [-0.3, -0.25) is 0 Å². The molecule has 0 fully saturated rings. The number of aryl methyl sites for hydroxylation is 2. The maximum atomic E-state index is 11.6. The van der Waals surface area contributed by atoms with Gasteiger partial charge in [-0.25, -0.2) is 4.79 Å². The minimum atomic E-state index is -0.101. The van der Waals surface area contributed by atoms with Gasteiger partial charge >= 0.3 is 6.03 Å². The highest BCUT2D eigenvalue weighted by Crippen LogP contribution is 2.24. The smallest absolute Gasteiger partial charge is 0.319 e. The van der Waals surface area contributed by atoms with Gasteiger partial charge in [0.15, 0.2) is 0 Å². The van der Waals surface area contributed by atoms with E-state index in [0.717, 1.165) is 31.5 Å². The van der Waals surface area contributed by atoms with Crippen molar-refractivity contribution in [2.45, 2.75) is 39.0 Å². The molecular weight excluding hydrogens is 212 g/mol. The molecule has 3 nitrogen and oxygen atoms in total. The Kier molecular flexibility index (Phi) is 4.02. The van der Waals surface area contributed by atoms with Crippen molar-refractivity contribution in [3.05, 3.63) is 29.3 Å². The maximum absolute atomic E-state index is 11.6. The van der Waals surface area contributed by atoms with Crippen LogP contribution in [0.1, 0.15) is 37.3 Å².